The van der Waals surface area contributed by atoms with Gasteiger partial charge in [-0.15, -0.1) is 0 Å². The highest BCUT2D eigenvalue weighted by molar-refractivity contribution is 7.89. The van der Waals surface area contributed by atoms with Crippen LogP contribution in [0.3, 0.4) is 0 Å². The number of hydrogen-bond acceptors (Lipinski definition) is 4. The average Bonchev–Trinajstić information content (AvgIpc) is 2.73. The second-order valence-electron chi connectivity index (χ2n) is 6.35. The quantitative estimate of drug-likeness (QED) is 0.571. The predicted octanol–water partition coefficient (Wildman–Crippen LogP) is 3.16. The van der Waals surface area contributed by atoms with Crippen LogP contribution in [0, 0.1) is 17.5 Å². The van der Waals surface area contributed by atoms with Crippen LogP contribution >= 0.6 is 11.6 Å². The lowest BCUT2D eigenvalue weighted by molar-refractivity contribution is -0.116. The zero-order chi connectivity index (χ0) is 23.3. The van der Waals surface area contributed by atoms with Gasteiger partial charge < -0.3 is 10.2 Å². The third-order valence-corrected chi connectivity index (χ3v) is 5.91. The molecule has 2 rings (SSSR count). The van der Waals surface area contributed by atoms with Crippen LogP contribution in [0.5, 0.6) is 0 Å². The molecule has 0 saturated heterocycles. The van der Waals surface area contributed by atoms with Gasteiger partial charge in [-0.25, -0.2) is 26.3 Å². The van der Waals surface area contributed by atoms with E-state index in [1.54, 1.807) is 6.92 Å². The Morgan fingerprint density at radius 1 is 1.10 bits per heavy atom. The molecule has 0 aliphatic carbocycles. The van der Waals surface area contributed by atoms with Crippen LogP contribution in [0.1, 0.15) is 23.7 Å². The van der Waals surface area contributed by atoms with Crippen molar-refractivity contribution in [1.82, 2.24) is 9.62 Å². The molecule has 0 bridgehead atoms. The summed E-state index contributed by atoms with van der Waals surface area (Å²) >= 11 is 6.06. The van der Waals surface area contributed by atoms with Gasteiger partial charge >= 0.3 is 0 Å². The van der Waals surface area contributed by atoms with Crippen molar-refractivity contribution in [3.63, 3.8) is 0 Å². The van der Waals surface area contributed by atoms with Crippen molar-refractivity contribution >= 4 is 39.1 Å². The summed E-state index contributed by atoms with van der Waals surface area (Å²) in [5, 5.41) is 2.05. The number of rotatable bonds is 8. The van der Waals surface area contributed by atoms with Crippen molar-refractivity contribution < 1.29 is 31.2 Å². The van der Waals surface area contributed by atoms with Crippen LogP contribution in [0.4, 0.5) is 18.9 Å². The lowest BCUT2D eigenvalue weighted by Gasteiger charge is -2.22. The molecule has 0 radical (unpaired) electrons. The highest BCUT2D eigenvalue weighted by atomic mass is 35.5. The Morgan fingerprint density at radius 2 is 1.77 bits per heavy atom. The van der Waals surface area contributed by atoms with Crippen LogP contribution in [0.15, 0.2) is 35.2 Å². The minimum atomic E-state index is -3.85. The minimum absolute atomic E-state index is 0.0341. The molecular weight excluding hydrogens is 459 g/mol. The number of benzene rings is 2. The summed E-state index contributed by atoms with van der Waals surface area (Å²) in [6.45, 7) is 1.26. The number of anilines is 1. The summed E-state index contributed by atoms with van der Waals surface area (Å²) in [5.74, 6) is -6.34. The first-order valence-corrected chi connectivity index (χ1v) is 10.8. The number of carbonyl (C=O) groups is 2. The van der Waals surface area contributed by atoms with Crippen molar-refractivity contribution in [2.75, 3.05) is 25.5 Å². The van der Waals surface area contributed by atoms with E-state index < -0.39 is 51.5 Å². The van der Waals surface area contributed by atoms with Gasteiger partial charge in [0.15, 0.2) is 17.5 Å². The molecule has 2 aromatic rings. The molecular formula is C19H19ClF3N3O4S. The molecule has 0 aliphatic heterocycles. The fourth-order valence-corrected chi connectivity index (χ4v) is 3.59. The molecule has 0 atom stereocenters. The Bertz CT molecular complexity index is 1110. The van der Waals surface area contributed by atoms with Crippen LogP contribution in [0.25, 0.3) is 0 Å². The number of hydrogen-bond donors (Lipinski definition) is 2. The van der Waals surface area contributed by atoms with Gasteiger partial charge in [0.1, 0.15) is 6.54 Å². The fraction of sp³-hybridized carbons (Fsp3) is 0.263. The Labute approximate surface area is 182 Å². The van der Waals surface area contributed by atoms with Gasteiger partial charge in [0, 0.05) is 6.54 Å². The lowest BCUT2D eigenvalue weighted by Crippen LogP contribution is -2.39. The lowest BCUT2D eigenvalue weighted by atomic mass is 10.2. The monoisotopic (exact) mass is 477 g/mol. The Hall–Kier alpha value is -2.63. The summed E-state index contributed by atoms with van der Waals surface area (Å²) in [5.41, 5.74) is -0.744. The van der Waals surface area contributed by atoms with Gasteiger partial charge in [0.05, 0.1) is 21.2 Å². The van der Waals surface area contributed by atoms with Crippen LogP contribution in [-0.2, 0) is 14.8 Å². The van der Waals surface area contributed by atoms with E-state index in [-0.39, 0.29) is 22.0 Å². The number of amides is 2. The van der Waals surface area contributed by atoms with Gasteiger partial charge in [-0.3, -0.25) is 9.59 Å². The average molecular weight is 478 g/mol. The van der Waals surface area contributed by atoms with Gasteiger partial charge in [0.2, 0.25) is 15.9 Å². The van der Waals surface area contributed by atoms with Crippen molar-refractivity contribution in [1.29, 1.82) is 0 Å². The summed E-state index contributed by atoms with van der Waals surface area (Å²) < 4.78 is 66.3. The molecule has 0 saturated carbocycles. The molecule has 0 aliphatic rings. The first-order valence-electron chi connectivity index (χ1n) is 8.97. The first-order chi connectivity index (χ1) is 14.5. The van der Waals surface area contributed by atoms with E-state index in [0.717, 1.165) is 17.0 Å². The molecule has 12 heteroatoms. The number of carbonyl (C=O) groups excluding carboxylic acids is 2. The second-order valence-corrected chi connectivity index (χ2v) is 8.64. The maximum Gasteiger partial charge on any atom is 0.255 e. The molecule has 2 N–H and O–H groups in total. The number of nitrogens with zero attached hydrogens (tertiary/aromatic N) is 1. The molecule has 0 unspecified atom stereocenters. The highest BCUT2D eigenvalue weighted by Gasteiger charge is 2.24. The zero-order valence-corrected chi connectivity index (χ0v) is 18.1. The number of halogens is 4. The van der Waals surface area contributed by atoms with Gasteiger partial charge in [-0.1, -0.05) is 18.5 Å². The van der Waals surface area contributed by atoms with Crippen molar-refractivity contribution in [2.45, 2.75) is 18.2 Å². The molecule has 0 aromatic heterocycles. The topological polar surface area (TPSA) is 95.6 Å². The summed E-state index contributed by atoms with van der Waals surface area (Å²) in [4.78, 5) is 26.1. The normalized spacial score (nSPS) is 11.3. The van der Waals surface area contributed by atoms with Gasteiger partial charge in [-0.05, 0) is 43.8 Å². The minimum Gasteiger partial charge on any atom is -0.329 e. The van der Waals surface area contributed by atoms with Crippen LogP contribution < -0.4 is 10.0 Å². The molecule has 0 fully saturated rings. The van der Waals surface area contributed by atoms with Gasteiger partial charge in [0.25, 0.3) is 5.91 Å². The van der Waals surface area contributed by atoms with Crippen molar-refractivity contribution in [2.24, 2.45) is 0 Å². The van der Waals surface area contributed by atoms with E-state index in [1.807, 2.05) is 0 Å². The molecule has 2 amide bonds. The van der Waals surface area contributed by atoms with Crippen LogP contribution in [-0.4, -0.2) is 45.3 Å². The predicted molar refractivity (Wildman–Crippen MR) is 109 cm³/mol. The molecule has 2 aromatic carbocycles. The Kier molecular flexibility index (Phi) is 8.04. The standard InChI is InChI=1S/C19H19ClF3N3O4S/c1-3-8-26(10-16(27)25-15-7-6-14(21)17(22)18(15)23)19(28)12-9-11(4-5-13(12)20)31(29,30)24-2/h4-7,9,24H,3,8,10H2,1-2H3,(H,25,27). The number of sulfonamides is 1. The Balaban J connectivity index is 2.28. The fourth-order valence-electron chi connectivity index (χ4n) is 2.63. The highest BCUT2D eigenvalue weighted by Crippen LogP contribution is 2.23. The van der Waals surface area contributed by atoms with E-state index in [9.17, 15) is 31.2 Å². The van der Waals surface area contributed by atoms with E-state index in [4.69, 9.17) is 11.6 Å². The van der Waals surface area contributed by atoms with Crippen molar-refractivity contribution in [3.8, 4) is 0 Å². The van der Waals surface area contributed by atoms with Crippen molar-refractivity contribution in [3.05, 3.63) is 58.4 Å². The molecule has 168 valence electrons. The zero-order valence-electron chi connectivity index (χ0n) is 16.5. The third kappa shape index (κ3) is 5.75. The maximum absolute atomic E-state index is 13.8. The molecule has 7 nitrogen and oxygen atoms in total. The third-order valence-electron chi connectivity index (χ3n) is 4.17. The Morgan fingerprint density at radius 3 is 2.39 bits per heavy atom. The largest absolute Gasteiger partial charge is 0.329 e. The molecule has 0 spiro atoms. The SMILES string of the molecule is CCCN(CC(=O)Nc1ccc(F)c(F)c1F)C(=O)c1cc(S(=O)(=O)NC)ccc1Cl. The second kappa shape index (κ2) is 10.1. The van der Waals surface area contributed by atoms with E-state index in [1.165, 1.54) is 19.2 Å². The summed E-state index contributed by atoms with van der Waals surface area (Å²) in [6, 6.07) is 5.02. The molecule has 0 heterocycles. The molecule has 31 heavy (non-hydrogen) atoms. The van der Waals surface area contributed by atoms with E-state index in [2.05, 4.69) is 10.0 Å². The number of nitrogens with one attached hydrogen (secondary N) is 2. The first kappa shape index (κ1) is 24.6. The van der Waals surface area contributed by atoms with Gasteiger partial charge in [-0.2, -0.15) is 0 Å². The van der Waals surface area contributed by atoms with E-state index >= 15 is 0 Å². The van der Waals surface area contributed by atoms with E-state index in [0.29, 0.717) is 12.5 Å². The van der Waals surface area contributed by atoms with Crippen LogP contribution in [0.2, 0.25) is 5.02 Å². The summed E-state index contributed by atoms with van der Waals surface area (Å²) in [6.07, 6.45) is 0.435. The summed E-state index contributed by atoms with van der Waals surface area (Å²) in [7, 11) is -2.65. The smallest absolute Gasteiger partial charge is 0.255 e. The maximum atomic E-state index is 13.8.